The van der Waals surface area contributed by atoms with Gasteiger partial charge in [0.2, 0.25) is 0 Å². The summed E-state index contributed by atoms with van der Waals surface area (Å²) in [7, 11) is 1.79. The molecule has 266 valence electrons. The average molecular weight is 641 g/mol. The molecule has 7 nitrogen and oxygen atoms in total. The number of aliphatic hydroxyl groups excluding tert-OH is 1. The Balaban J connectivity index is 1.67. The van der Waals surface area contributed by atoms with Gasteiger partial charge in [0, 0.05) is 20.3 Å². The third-order valence-electron chi connectivity index (χ3n) is 9.30. The molecule has 2 aliphatic heterocycles. The van der Waals surface area contributed by atoms with E-state index >= 15 is 0 Å². The van der Waals surface area contributed by atoms with Gasteiger partial charge in [-0.3, -0.25) is 0 Å². The van der Waals surface area contributed by atoms with Gasteiger partial charge >= 0.3 is 0 Å². The fourth-order valence-electron chi connectivity index (χ4n) is 6.44. The standard InChI is InChI=1S/C38H72O7/c1-6-8-10-12-13-14-15-16-17-18-19-20-21-22-24-26-29-41-36-35(34-33(44-37(36)39)31-43-38(3,4)45-34)42-30-28-32(40-5)27-25-23-11-9-7-2/h14-15,32-37,39H,6-13,16-31H2,1-5H3/b15-14-/t32-,33-,34-,35+,36-,37?/m1/s1. The van der Waals surface area contributed by atoms with E-state index in [4.69, 9.17) is 28.4 Å². The molecule has 2 rings (SSSR count). The Bertz CT molecular complexity index is 714. The number of rotatable bonds is 28. The molecule has 7 heteroatoms. The van der Waals surface area contributed by atoms with Crippen molar-refractivity contribution < 1.29 is 33.5 Å². The van der Waals surface area contributed by atoms with Gasteiger partial charge in [0.1, 0.15) is 24.4 Å². The molecule has 2 saturated heterocycles. The van der Waals surface area contributed by atoms with Crippen molar-refractivity contribution in [1.82, 2.24) is 0 Å². The lowest BCUT2D eigenvalue weighted by molar-refractivity contribution is -0.384. The van der Waals surface area contributed by atoms with Crippen LogP contribution in [0.4, 0.5) is 0 Å². The zero-order valence-electron chi connectivity index (χ0n) is 30.0. The highest BCUT2D eigenvalue weighted by Crippen LogP contribution is 2.34. The molecule has 2 heterocycles. The minimum absolute atomic E-state index is 0.167. The van der Waals surface area contributed by atoms with E-state index in [2.05, 4.69) is 26.0 Å². The quantitative estimate of drug-likeness (QED) is 0.0674. The normalized spacial score (nSPS) is 25.5. The van der Waals surface area contributed by atoms with Gasteiger partial charge in [-0.05, 0) is 58.8 Å². The first-order valence-electron chi connectivity index (χ1n) is 19.0. The van der Waals surface area contributed by atoms with Crippen molar-refractivity contribution in [2.45, 2.75) is 205 Å². The van der Waals surface area contributed by atoms with Crippen LogP contribution in [0.3, 0.4) is 0 Å². The van der Waals surface area contributed by atoms with Gasteiger partial charge in [-0.15, -0.1) is 0 Å². The predicted octanol–water partition coefficient (Wildman–Crippen LogP) is 9.43. The molecule has 0 aromatic heterocycles. The molecule has 0 bridgehead atoms. The Morgan fingerprint density at radius 1 is 0.711 bits per heavy atom. The van der Waals surface area contributed by atoms with Gasteiger partial charge in [0.25, 0.3) is 0 Å². The zero-order valence-corrected chi connectivity index (χ0v) is 30.0. The minimum atomic E-state index is -1.07. The summed E-state index contributed by atoms with van der Waals surface area (Å²) >= 11 is 0. The van der Waals surface area contributed by atoms with Crippen LogP contribution in [-0.4, -0.2) is 74.6 Å². The fourth-order valence-corrected chi connectivity index (χ4v) is 6.44. The number of allylic oxidation sites excluding steroid dienone is 2. The summed E-state index contributed by atoms with van der Waals surface area (Å²) in [5, 5.41) is 10.9. The average Bonchev–Trinajstić information content (AvgIpc) is 3.02. The van der Waals surface area contributed by atoms with Gasteiger partial charge in [-0.1, -0.05) is 116 Å². The van der Waals surface area contributed by atoms with Crippen molar-refractivity contribution in [3.63, 3.8) is 0 Å². The molecule has 0 radical (unpaired) electrons. The maximum Gasteiger partial charge on any atom is 0.184 e. The number of methoxy groups -OCH3 is 1. The van der Waals surface area contributed by atoms with Crippen molar-refractivity contribution in [1.29, 1.82) is 0 Å². The summed E-state index contributed by atoms with van der Waals surface area (Å²) in [5.41, 5.74) is 0. The van der Waals surface area contributed by atoms with Crippen LogP contribution in [0.25, 0.3) is 0 Å². The lowest BCUT2D eigenvalue weighted by Gasteiger charge is -2.50. The van der Waals surface area contributed by atoms with E-state index in [1.807, 2.05) is 13.8 Å². The SMILES string of the molecule is CCCCCC/C=C\CCCCCCCCCCO[C@H]1C(O)O[C@@H]2COC(C)(C)O[C@H]2[C@@H]1OCC[C@@H](CCCCCCC)OC. The van der Waals surface area contributed by atoms with Crippen LogP contribution in [0.1, 0.15) is 163 Å². The van der Waals surface area contributed by atoms with Gasteiger partial charge < -0.3 is 33.5 Å². The number of aliphatic hydroxyl groups is 1. The van der Waals surface area contributed by atoms with Crippen molar-refractivity contribution in [3.05, 3.63) is 12.2 Å². The topological polar surface area (TPSA) is 75.6 Å². The van der Waals surface area contributed by atoms with E-state index in [9.17, 15) is 5.11 Å². The third-order valence-corrected chi connectivity index (χ3v) is 9.30. The fraction of sp³-hybridized carbons (Fsp3) is 0.947. The van der Waals surface area contributed by atoms with Gasteiger partial charge in [0.15, 0.2) is 12.1 Å². The largest absolute Gasteiger partial charge is 0.381 e. The molecular weight excluding hydrogens is 568 g/mol. The van der Waals surface area contributed by atoms with Crippen LogP contribution in [0.5, 0.6) is 0 Å². The number of hydrogen-bond donors (Lipinski definition) is 1. The second-order valence-corrected chi connectivity index (χ2v) is 13.8. The monoisotopic (exact) mass is 641 g/mol. The first-order valence-corrected chi connectivity index (χ1v) is 19.0. The summed E-state index contributed by atoms with van der Waals surface area (Å²) < 4.78 is 36.5. The van der Waals surface area contributed by atoms with Crippen LogP contribution < -0.4 is 0 Å². The summed E-state index contributed by atoms with van der Waals surface area (Å²) in [6, 6.07) is 0. The van der Waals surface area contributed by atoms with Gasteiger partial charge in [-0.2, -0.15) is 0 Å². The molecule has 0 aromatic carbocycles. The first kappa shape index (κ1) is 40.6. The summed E-state index contributed by atoms with van der Waals surface area (Å²) in [6.45, 7) is 9.79. The molecule has 0 saturated carbocycles. The Morgan fingerprint density at radius 3 is 1.91 bits per heavy atom. The number of unbranched alkanes of at least 4 members (excludes halogenated alkanes) is 16. The summed E-state index contributed by atoms with van der Waals surface area (Å²) in [4.78, 5) is 0. The highest BCUT2D eigenvalue weighted by molar-refractivity contribution is 4.95. The minimum Gasteiger partial charge on any atom is -0.381 e. The molecule has 1 N–H and O–H groups in total. The molecule has 0 spiro atoms. The Hall–Kier alpha value is -0.540. The van der Waals surface area contributed by atoms with E-state index in [1.54, 1.807) is 7.11 Å². The first-order chi connectivity index (χ1) is 21.9. The molecule has 1 unspecified atom stereocenters. The molecule has 0 aliphatic carbocycles. The predicted molar refractivity (Wildman–Crippen MR) is 184 cm³/mol. The van der Waals surface area contributed by atoms with Crippen LogP contribution in [0.15, 0.2) is 12.2 Å². The Kier molecular flexibility index (Phi) is 23.0. The van der Waals surface area contributed by atoms with Gasteiger partial charge in [-0.25, -0.2) is 0 Å². The molecule has 6 atom stereocenters. The maximum absolute atomic E-state index is 10.9. The molecule has 0 aromatic rings. The van der Waals surface area contributed by atoms with Crippen LogP contribution in [-0.2, 0) is 28.4 Å². The van der Waals surface area contributed by atoms with E-state index in [0.717, 1.165) is 25.7 Å². The Morgan fingerprint density at radius 2 is 1.27 bits per heavy atom. The van der Waals surface area contributed by atoms with E-state index in [0.29, 0.717) is 19.8 Å². The zero-order chi connectivity index (χ0) is 32.6. The molecule has 2 fully saturated rings. The second-order valence-electron chi connectivity index (χ2n) is 13.8. The van der Waals surface area contributed by atoms with Crippen LogP contribution >= 0.6 is 0 Å². The highest BCUT2D eigenvalue weighted by atomic mass is 16.8. The number of hydrogen-bond acceptors (Lipinski definition) is 7. The smallest absolute Gasteiger partial charge is 0.184 e. The lowest BCUT2D eigenvalue weighted by Crippen LogP contribution is -2.65. The second kappa shape index (κ2) is 25.5. The van der Waals surface area contributed by atoms with E-state index in [-0.39, 0.29) is 18.3 Å². The molecular formula is C38H72O7. The third kappa shape index (κ3) is 18.0. The van der Waals surface area contributed by atoms with Gasteiger partial charge in [0.05, 0.1) is 12.7 Å². The van der Waals surface area contributed by atoms with E-state index in [1.165, 1.54) is 109 Å². The molecule has 0 amide bonds. The van der Waals surface area contributed by atoms with Crippen molar-refractivity contribution >= 4 is 0 Å². The lowest BCUT2D eigenvalue weighted by atomic mass is 9.96. The number of ether oxygens (including phenoxy) is 6. The highest BCUT2D eigenvalue weighted by Gasteiger charge is 2.52. The summed E-state index contributed by atoms with van der Waals surface area (Å²) in [6.07, 6.45) is 28.0. The van der Waals surface area contributed by atoms with Crippen LogP contribution in [0.2, 0.25) is 0 Å². The van der Waals surface area contributed by atoms with Crippen molar-refractivity contribution in [3.8, 4) is 0 Å². The Labute approximate surface area is 277 Å². The van der Waals surface area contributed by atoms with Crippen molar-refractivity contribution in [2.75, 3.05) is 26.9 Å². The maximum atomic E-state index is 10.9. The molecule has 2 aliphatic rings. The molecule has 45 heavy (non-hydrogen) atoms. The van der Waals surface area contributed by atoms with E-state index < -0.39 is 24.3 Å². The number of fused-ring (bicyclic) bond motifs is 1. The van der Waals surface area contributed by atoms with Crippen LogP contribution in [0, 0.1) is 0 Å². The van der Waals surface area contributed by atoms with Crippen molar-refractivity contribution in [2.24, 2.45) is 0 Å². The summed E-state index contributed by atoms with van der Waals surface area (Å²) in [5.74, 6) is -0.739.